The molecule has 0 bridgehead atoms. The van der Waals surface area contributed by atoms with Crippen LogP contribution in [0, 0.1) is 0 Å². The Morgan fingerprint density at radius 1 is 1.28 bits per heavy atom. The lowest BCUT2D eigenvalue weighted by Gasteiger charge is -2.07. The molecule has 1 aliphatic rings. The standard InChI is InChI=1S/C15H18N2S/c1-2-15-17-10-14(18-15)9-16-13-7-6-11-4-3-5-12(11)8-13/h6-8,10,16H,2-5,9H2,1H3. The van der Waals surface area contributed by atoms with Crippen LogP contribution in [0.15, 0.2) is 24.4 Å². The van der Waals surface area contributed by atoms with Crippen molar-refractivity contribution in [2.45, 2.75) is 39.2 Å². The maximum Gasteiger partial charge on any atom is 0.0925 e. The van der Waals surface area contributed by atoms with E-state index in [4.69, 9.17) is 0 Å². The van der Waals surface area contributed by atoms with Crippen LogP contribution in [0.4, 0.5) is 5.69 Å². The van der Waals surface area contributed by atoms with Gasteiger partial charge in [0.1, 0.15) is 0 Å². The second-order valence-electron chi connectivity index (χ2n) is 4.76. The van der Waals surface area contributed by atoms with Crippen LogP contribution in [0.5, 0.6) is 0 Å². The molecule has 0 radical (unpaired) electrons. The van der Waals surface area contributed by atoms with E-state index in [0.717, 1.165) is 13.0 Å². The zero-order valence-electron chi connectivity index (χ0n) is 10.7. The first-order valence-corrected chi connectivity index (χ1v) is 7.46. The molecule has 1 heterocycles. The number of fused-ring (bicyclic) bond motifs is 1. The fraction of sp³-hybridized carbons (Fsp3) is 0.400. The van der Waals surface area contributed by atoms with Gasteiger partial charge in [-0.25, -0.2) is 4.98 Å². The SMILES string of the molecule is CCc1ncc(CNc2ccc3c(c2)CCC3)s1. The Labute approximate surface area is 112 Å². The van der Waals surface area contributed by atoms with E-state index in [0.29, 0.717) is 0 Å². The fourth-order valence-electron chi connectivity index (χ4n) is 2.46. The molecule has 0 saturated carbocycles. The maximum atomic E-state index is 4.38. The van der Waals surface area contributed by atoms with Gasteiger partial charge in [0, 0.05) is 16.8 Å². The van der Waals surface area contributed by atoms with Crippen LogP contribution in [0.1, 0.15) is 34.4 Å². The van der Waals surface area contributed by atoms with E-state index in [1.807, 2.05) is 6.20 Å². The zero-order chi connectivity index (χ0) is 12.4. The van der Waals surface area contributed by atoms with Gasteiger partial charge in [0.2, 0.25) is 0 Å². The Bertz CT molecular complexity index is 545. The summed E-state index contributed by atoms with van der Waals surface area (Å²) in [5.41, 5.74) is 4.30. The Morgan fingerprint density at radius 2 is 2.17 bits per heavy atom. The number of aryl methyl sites for hydroxylation is 3. The van der Waals surface area contributed by atoms with E-state index in [1.54, 1.807) is 11.3 Å². The number of anilines is 1. The summed E-state index contributed by atoms with van der Waals surface area (Å²) in [6, 6.07) is 6.78. The van der Waals surface area contributed by atoms with E-state index in [9.17, 15) is 0 Å². The highest BCUT2D eigenvalue weighted by molar-refractivity contribution is 7.11. The quantitative estimate of drug-likeness (QED) is 0.902. The molecule has 0 fully saturated rings. The fourth-order valence-corrected chi connectivity index (χ4v) is 3.27. The van der Waals surface area contributed by atoms with Gasteiger partial charge < -0.3 is 5.32 Å². The third-order valence-corrected chi connectivity index (χ3v) is 4.61. The summed E-state index contributed by atoms with van der Waals surface area (Å²) < 4.78 is 0. The molecular formula is C15H18N2S. The predicted octanol–water partition coefficient (Wildman–Crippen LogP) is 3.81. The van der Waals surface area contributed by atoms with Gasteiger partial charge in [0.25, 0.3) is 0 Å². The van der Waals surface area contributed by atoms with E-state index in [1.165, 1.54) is 46.0 Å². The molecule has 0 saturated heterocycles. The molecule has 0 aliphatic heterocycles. The third kappa shape index (κ3) is 2.41. The topological polar surface area (TPSA) is 24.9 Å². The van der Waals surface area contributed by atoms with Crippen molar-refractivity contribution in [1.82, 2.24) is 4.98 Å². The van der Waals surface area contributed by atoms with E-state index >= 15 is 0 Å². The molecule has 0 spiro atoms. The highest BCUT2D eigenvalue weighted by atomic mass is 32.1. The highest BCUT2D eigenvalue weighted by Gasteiger charge is 2.10. The first-order valence-electron chi connectivity index (χ1n) is 6.64. The van der Waals surface area contributed by atoms with Gasteiger partial charge in [0.05, 0.1) is 11.6 Å². The smallest absolute Gasteiger partial charge is 0.0925 e. The number of benzene rings is 1. The number of aromatic nitrogens is 1. The molecule has 1 aromatic heterocycles. The van der Waals surface area contributed by atoms with Crippen LogP contribution in [0.25, 0.3) is 0 Å². The molecule has 1 N–H and O–H groups in total. The lowest BCUT2D eigenvalue weighted by molar-refractivity contribution is 0.912. The summed E-state index contributed by atoms with van der Waals surface area (Å²) in [7, 11) is 0. The zero-order valence-corrected chi connectivity index (χ0v) is 11.5. The van der Waals surface area contributed by atoms with Crippen molar-refractivity contribution in [2.75, 3.05) is 5.32 Å². The van der Waals surface area contributed by atoms with E-state index < -0.39 is 0 Å². The molecule has 0 amide bonds. The first-order chi connectivity index (χ1) is 8.85. The average Bonchev–Trinajstić information content (AvgIpc) is 3.04. The molecule has 94 valence electrons. The van der Waals surface area contributed by atoms with E-state index in [2.05, 4.69) is 35.4 Å². The van der Waals surface area contributed by atoms with Gasteiger partial charge in [-0.2, -0.15) is 0 Å². The Kier molecular flexibility index (Phi) is 3.33. The second-order valence-corrected chi connectivity index (χ2v) is 5.96. The van der Waals surface area contributed by atoms with Crippen LogP contribution in [0.3, 0.4) is 0 Å². The van der Waals surface area contributed by atoms with Crippen LogP contribution < -0.4 is 5.32 Å². The minimum absolute atomic E-state index is 0.885. The molecule has 2 aromatic rings. The van der Waals surface area contributed by atoms with Gasteiger partial charge in [-0.05, 0) is 48.9 Å². The Balaban J connectivity index is 1.66. The molecule has 0 atom stereocenters. The summed E-state index contributed by atoms with van der Waals surface area (Å²) in [5, 5.41) is 4.72. The lowest BCUT2D eigenvalue weighted by atomic mass is 10.1. The van der Waals surface area contributed by atoms with Crippen LogP contribution in [-0.2, 0) is 25.8 Å². The number of nitrogens with one attached hydrogen (secondary N) is 1. The van der Waals surface area contributed by atoms with Crippen LogP contribution >= 0.6 is 11.3 Å². The van der Waals surface area contributed by atoms with Gasteiger partial charge in [-0.15, -0.1) is 11.3 Å². The van der Waals surface area contributed by atoms with Gasteiger partial charge in [-0.1, -0.05) is 13.0 Å². The van der Waals surface area contributed by atoms with Gasteiger partial charge in [-0.3, -0.25) is 0 Å². The van der Waals surface area contributed by atoms with Crippen molar-refractivity contribution >= 4 is 17.0 Å². The molecule has 2 nitrogen and oxygen atoms in total. The van der Waals surface area contributed by atoms with Crippen molar-refractivity contribution in [3.05, 3.63) is 45.4 Å². The normalized spacial score (nSPS) is 13.6. The number of rotatable bonds is 4. The Hall–Kier alpha value is -1.35. The predicted molar refractivity (Wildman–Crippen MR) is 77.3 cm³/mol. The van der Waals surface area contributed by atoms with Crippen LogP contribution in [0.2, 0.25) is 0 Å². The molecule has 1 aromatic carbocycles. The Morgan fingerprint density at radius 3 is 3.00 bits per heavy atom. The van der Waals surface area contributed by atoms with Crippen molar-refractivity contribution in [2.24, 2.45) is 0 Å². The van der Waals surface area contributed by atoms with Crippen molar-refractivity contribution in [1.29, 1.82) is 0 Å². The highest BCUT2D eigenvalue weighted by Crippen LogP contribution is 2.25. The third-order valence-electron chi connectivity index (χ3n) is 3.47. The summed E-state index contributed by atoms with van der Waals surface area (Å²) >= 11 is 1.80. The van der Waals surface area contributed by atoms with Crippen molar-refractivity contribution in [3.8, 4) is 0 Å². The second kappa shape index (κ2) is 5.11. The average molecular weight is 258 g/mol. The summed E-state index contributed by atoms with van der Waals surface area (Å²) in [5.74, 6) is 0. The monoisotopic (exact) mass is 258 g/mol. The largest absolute Gasteiger partial charge is 0.380 e. The number of nitrogens with zero attached hydrogens (tertiary/aromatic N) is 1. The van der Waals surface area contributed by atoms with Crippen LogP contribution in [-0.4, -0.2) is 4.98 Å². The molecule has 3 rings (SSSR count). The van der Waals surface area contributed by atoms with Gasteiger partial charge in [0.15, 0.2) is 0 Å². The number of hydrogen-bond acceptors (Lipinski definition) is 3. The van der Waals surface area contributed by atoms with Crippen molar-refractivity contribution < 1.29 is 0 Å². The summed E-state index contributed by atoms with van der Waals surface area (Å²) in [6.45, 7) is 3.03. The van der Waals surface area contributed by atoms with E-state index in [-0.39, 0.29) is 0 Å². The van der Waals surface area contributed by atoms with Gasteiger partial charge >= 0.3 is 0 Å². The summed E-state index contributed by atoms with van der Waals surface area (Å²) in [4.78, 5) is 5.70. The molecule has 18 heavy (non-hydrogen) atoms. The molecular weight excluding hydrogens is 240 g/mol. The minimum atomic E-state index is 0.885. The molecule has 1 aliphatic carbocycles. The first kappa shape index (κ1) is 11.7. The molecule has 0 unspecified atom stereocenters. The summed E-state index contributed by atoms with van der Waals surface area (Å²) in [6.07, 6.45) is 6.83. The number of hydrogen-bond donors (Lipinski definition) is 1. The minimum Gasteiger partial charge on any atom is -0.380 e. The van der Waals surface area contributed by atoms with Crippen molar-refractivity contribution in [3.63, 3.8) is 0 Å². The number of thiazole rings is 1. The maximum absolute atomic E-state index is 4.38. The lowest BCUT2D eigenvalue weighted by Crippen LogP contribution is -1.98. The molecule has 3 heteroatoms.